The Hall–Kier alpha value is -3.15. The molecule has 0 aromatic heterocycles. The minimum atomic E-state index is -2.94. The van der Waals surface area contributed by atoms with Crippen molar-refractivity contribution in [1.29, 1.82) is 0 Å². The third kappa shape index (κ3) is 9.00. The molecule has 0 spiro atoms. The molecule has 0 aliphatic heterocycles. The molecule has 2 rings (SSSR count). The molecule has 38 heavy (non-hydrogen) atoms. The van der Waals surface area contributed by atoms with Gasteiger partial charge in [0.1, 0.15) is 12.4 Å². The van der Waals surface area contributed by atoms with E-state index >= 15 is 0 Å². The highest BCUT2D eigenvalue weighted by Crippen LogP contribution is 2.47. The molecule has 1 aliphatic rings. The second-order valence-electron chi connectivity index (χ2n) is 10.1. The van der Waals surface area contributed by atoms with E-state index in [-0.39, 0.29) is 17.7 Å². The lowest BCUT2D eigenvalue weighted by atomic mass is 10.0. The Bertz CT molecular complexity index is 1080. The molecular formula is C32H45F2N3O. The fraction of sp³-hybridized carbons (Fsp3) is 0.469. The molecule has 6 heteroatoms. The Morgan fingerprint density at radius 2 is 1.84 bits per heavy atom. The van der Waals surface area contributed by atoms with E-state index in [1.54, 1.807) is 6.08 Å². The van der Waals surface area contributed by atoms with Gasteiger partial charge in [-0.15, -0.1) is 0 Å². The van der Waals surface area contributed by atoms with Crippen LogP contribution in [-0.4, -0.2) is 32.3 Å². The fourth-order valence-electron chi connectivity index (χ4n) is 4.21. The van der Waals surface area contributed by atoms with E-state index in [9.17, 15) is 8.78 Å². The van der Waals surface area contributed by atoms with E-state index in [1.165, 1.54) is 22.9 Å². The van der Waals surface area contributed by atoms with Crippen molar-refractivity contribution in [2.45, 2.75) is 78.7 Å². The van der Waals surface area contributed by atoms with Gasteiger partial charge in [-0.3, -0.25) is 0 Å². The number of benzene rings is 1. The molecule has 1 aromatic carbocycles. The van der Waals surface area contributed by atoms with Crippen molar-refractivity contribution in [2.24, 2.45) is 4.99 Å². The van der Waals surface area contributed by atoms with Crippen molar-refractivity contribution in [3.63, 3.8) is 0 Å². The van der Waals surface area contributed by atoms with Crippen LogP contribution in [0.5, 0.6) is 0 Å². The number of hydrogen-bond donors (Lipinski definition) is 1. The molecule has 0 unspecified atom stereocenters. The molecular weight excluding hydrogens is 480 g/mol. The minimum Gasteiger partial charge on any atom is -0.494 e. The monoisotopic (exact) mass is 525 g/mol. The quantitative estimate of drug-likeness (QED) is 0.134. The second kappa shape index (κ2) is 14.1. The van der Waals surface area contributed by atoms with Crippen LogP contribution in [0.2, 0.25) is 0 Å². The van der Waals surface area contributed by atoms with E-state index in [0.717, 1.165) is 51.3 Å². The lowest BCUT2D eigenvalue weighted by Gasteiger charge is -2.27. The first kappa shape index (κ1) is 31.1. The number of ether oxygens (including phenoxy) is 1. The molecule has 4 nitrogen and oxygen atoms in total. The molecule has 0 atom stereocenters. The molecule has 208 valence electrons. The first-order chi connectivity index (χ1) is 18.0. The second-order valence-corrected chi connectivity index (χ2v) is 10.1. The maximum Gasteiger partial charge on any atom is 0.269 e. The highest BCUT2D eigenvalue weighted by atomic mass is 19.3. The van der Waals surface area contributed by atoms with Gasteiger partial charge in [-0.25, -0.2) is 13.8 Å². The van der Waals surface area contributed by atoms with Gasteiger partial charge in [0.05, 0.1) is 11.3 Å². The van der Waals surface area contributed by atoms with Crippen molar-refractivity contribution in [3.05, 3.63) is 89.0 Å². The summed E-state index contributed by atoms with van der Waals surface area (Å²) in [4.78, 5) is 6.67. The number of rotatable bonds is 16. The van der Waals surface area contributed by atoms with Crippen LogP contribution in [0.1, 0.15) is 71.4 Å². The average molecular weight is 526 g/mol. The highest BCUT2D eigenvalue weighted by molar-refractivity contribution is 5.56. The summed E-state index contributed by atoms with van der Waals surface area (Å²) in [6.45, 7) is 20.7. The lowest BCUT2D eigenvalue weighted by Crippen LogP contribution is -2.29. The standard InChI is InChI=1S/C32H45F2N3O/c1-9-20-37(21-10-2)29-16-15-28(22-24(29)4)32(18-19-32)36-30(35-8)17-13-26(6)38-23-27(11-3)14-12-25(5)31(7,33)34/h11-17,22,36H,5,8-10,18-21,23H2,1-4,6-7H3/b14-12-,26-13+,27-11+,30-17+. The molecule has 0 radical (unpaired) electrons. The number of aryl methyl sites for hydroxylation is 1. The topological polar surface area (TPSA) is 36.9 Å². The maximum absolute atomic E-state index is 13.3. The van der Waals surface area contributed by atoms with Crippen molar-refractivity contribution >= 4 is 12.4 Å². The van der Waals surface area contributed by atoms with Crippen LogP contribution in [0.3, 0.4) is 0 Å². The van der Waals surface area contributed by atoms with Gasteiger partial charge in [-0.05, 0) is 88.1 Å². The van der Waals surface area contributed by atoms with Crippen LogP contribution in [0.4, 0.5) is 14.5 Å². The Kier molecular flexibility index (Phi) is 11.6. The summed E-state index contributed by atoms with van der Waals surface area (Å²) in [7, 11) is 0. The van der Waals surface area contributed by atoms with Gasteiger partial charge in [0.2, 0.25) is 0 Å². The van der Waals surface area contributed by atoms with E-state index < -0.39 is 5.92 Å². The fourth-order valence-corrected chi connectivity index (χ4v) is 4.21. The van der Waals surface area contributed by atoms with Gasteiger partial charge in [-0.1, -0.05) is 50.8 Å². The smallest absolute Gasteiger partial charge is 0.269 e. The number of nitrogens with one attached hydrogen (secondary N) is 1. The molecule has 1 saturated carbocycles. The van der Waals surface area contributed by atoms with E-state index in [2.05, 4.69) is 67.5 Å². The number of alkyl halides is 2. The molecule has 0 bridgehead atoms. The Morgan fingerprint density at radius 1 is 1.18 bits per heavy atom. The summed E-state index contributed by atoms with van der Waals surface area (Å²) >= 11 is 0. The zero-order chi connectivity index (χ0) is 28.3. The largest absolute Gasteiger partial charge is 0.494 e. The van der Waals surface area contributed by atoms with Gasteiger partial charge in [0.25, 0.3) is 5.92 Å². The summed E-state index contributed by atoms with van der Waals surface area (Å²) in [6, 6.07) is 6.79. The molecule has 0 heterocycles. The van der Waals surface area contributed by atoms with Crippen LogP contribution >= 0.6 is 0 Å². The average Bonchev–Trinajstić information content (AvgIpc) is 3.66. The summed E-state index contributed by atoms with van der Waals surface area (Å²) in [5.41, 5.74) is 4.27. The van der Waals surface area contributed by atoms with Crippen molar-refractivity contribution in [3.8, 4) is 0 Å². The van der Waals surface area contributed by atoms with Crippen LogP contribution in [-0.2, 0) is 10.3 Å². The van der Waals surface area contributed by atoms with Crippen LogP contribution in [0.25, 0.3) is 0 Å². The first-order valence-electron chi connectivity index (χ1n) is 13.5. The van der Waals surface area contributed by atoms with Crippen LogP contribution < -0.4 is 10.2 Å². The SMILES string of the molecule is C=N/C(=C\C=C(/C)OCC(/C=C\C(=C)C(C)(F)F)=C/C)NC1(c2ccc(N(CCC)CCC)c(C)c2)CC1. The van der Waals surface area contributed by atoms with Gasteiger partial charge >= 0.3 is 0 Å². The van der Waals surface area contributed by atoms with E-state index in [1.807, 2.05) is 32.1 Å². The molecule has 1 aromatic rings. The Balaban J connectivity index is 2.07. The van der Waals surface area contributed by atoms with Crippen molar-refractivity contribution in [2.75, 3.05) is 24.6 Å². The third-order valence-corrected chi connectivity index (χ3v) is 6.74. The molecule has 0 saturated heterocycles. The molecule has 1 aliphatic carbocycles. The van der Waals surface area contributed by atoms with Crippen molar-refractivity contribution in [1.82, 2.24) is 5.32 Å². The number of allylic oxidation sites excluding steroid dienone is 6. The third-order valence-electron chi connectivity index (χ3n) is 6.74. The van der Waals surface area contributed by atoms with E-state index in [0.29, 0.717) is 11.6 Å². The zero-order valence-electron chi connectivity index (χ0n) is 24.0. The molecule has 1 fully saturated rings. The van der Waals surface area contributed by atoms with Crippen LogP contribution in [0.15, 0.2) is 82.9 Å². The summed E-state index contributed by atoms with van der Waals surface area (Å²) in [6.07, 6.45) is 12.8. The van der Waals surface area contributed by atoms with E-state index in [4.69, 9.17) is 4.74 Å². The number of halogens is 2. The number of aliphatic imine (C=N–C) groups is 1. The summed E-state index contributed by atoms with van der Waals surface area (Å²) in [5, 5.41) is 3.59. The number of hydrogen-bond acceptors (Lipinski definition) is 4. The predicted octanol–water partition coefficient (Wildman–Crippen LogP) is 8.38. The van der Waals surface area contributed by atoms with Gasteiger partial charge in [0, 0.05) is 31.3 Å². The summed E-state index contributed by atoms with van der Waals surface area (Å²) in [5.74, 6) is -1.59. The van der Waals surface area contributed by atoms with Gasteiger partial charge in [0.15, 0.2) is 0 Å². The van der Waals surface area contributed by atoms with Crippen molar-refractivity contribution < 1.29 is 13.5 Å². The van der Waals surface area contributed by atoms with Gasteiger partial charge in [-0.2, -0.15) is 0 Å². The highest BCUT2D eigenvalue weighted by Gasteiger charge is 2.45. The molecule has 0 amide bonds. The normalized spacial score (nSPS) is 15.9. The van der Waals surface area contributed by atoms with Gasteiger partial charge < -0.3 is 15.0 Å². The number of anilines is 1. The minimum absolute atomic E-state index is 0.133. The Labute approximate surface area is 228 Å². The predicted molar refractivity (Wildman–Crippen MR) is 158 cm³/mol. The number of nitrogens with zero attached hydrogens (tertiary/aromatic N) is 2. The zero-order valence-corrected chi connectivity index (χ0v) is 24.0. The summed E-state index contributed by atoms with van der Waals surface area (Å²) < 4.78 is 32.4. The first-order valence-corrected chi connectivity index (χ1v) is 13.5. The lowest BCUT2D eigenvalue weighted by molar-refractivity contribution is 0.0680. The molecule has 1 N–H and O–H groups in total. The maximum atomic E-state index is 13.3. The van der Waals surface area contributed by atoms with Crippen LogP contribution in [0, 0.1) is 6.92 Å². The Morgan fingerprint density at radius 3 is 2.34 bits per heavy atom.